The van der Waals surface area contributed by atoms with Gasteiger partial charge in [0.15, 0.2) is 0 Å². The predicted molar refractivity (Wildman–Crippen MR) is 227 cm³/mol. The molecule has 18 nitrogen and oxygen atoms in total. The molecule has 4 atom stereocenters. The zero-order chi connectivity index (χ0) is 47.0. The van der Waals surface area contributed by atoms with Crippen LogP contribution in [0.5, 0.6) is 0 Å². The summed E-state index contributed by atoms with van der Waals surface area (Å²) in [5.41, 5.74) is 3.91. The van der Waals surface area contributed by atoms with Gasteiger partial charge in [-0.05, 0) is 145 Å². The molecule has 4 N–H and O–H groups in total. The fourth-order valence-corrected chi connectivity index (χ4v) is 4.35. The van der Waals surface area contributed by atoms with Gasteiger partial charge in [0.2, 0.25) is 0 Å². The van der Waals surface area contributed by atoms with E-state index in [2.05, 4.69) is 19.5 Å². The fourth-order valence-electron chi connectivity index (χ4n) is 4.35. The van der Waals surface area contributed by atoms with Crippen molar-refractivity contribution in [3.05, 3.63) is 6.57 Å². The van der Waals surface area contributed by atoms with Gasteiger partial charge in [0.05, 0.1) is 21.3 Å². The van der Waals surface area contributed by atoms with E-state index in [1.54, 1.807) is 34.6 Å². The van der Waals surface area contributed by atoms with Crippen molar-refractivity contribution in [2.45, 2.75) is 156 Å². The Morgan fingerprint density at radius 1 is 0.694 bits per heavy atom. The maximum atomic E-state index is 12.1. The molecule has 20 heteroatoms. The SMILES string of the molecule is COC(=O)[C@H](C)N.COC(=O)[C@H](C)N(CC1CC1)C(=O)OC(C)(C)C.COC(=O)[C@H](C)NCC1CC1.C[C@@H](C(=O)O)N(CC1CC1)C(=O)OC(C)(C)C.O=CC1CC1.[B].[C-]#N.[Na+]. The van der Waals surface area contributed by atoms with Crippen LogP contribution in [0.1, 0.15) is 121 Å². The Morgan fingerprint density at radius 2 is 1.05 bits per heavy atom. The van der Waals surface area contributed by atoms with Crippen LogP contribution in [0, 0.1) is 35.5 Å². The summed E-state index contributed by atoms with van der Waals surface area (Å²) in [6, 6.07) is -2.10. The van der Waals surface area contributed by atoms with Crippen molar-refractivity contribution in [2.75, 3.05) is 41.0 Å². The van der Waals surface area contributed by atoms with Crippen LogP contribution >= 0.6 is 0 Å². The maximum absolute atomic E-state index is 12.1. The first-order valence-corrected chi connectivity index (χ1v) is 20.4. The van der Waals surface area contributed by atoms with E-state index >= 15 is 0 Å². The minimum atomic E-state index is -1.00. The number of esters is 3. The number of rotatable bonds is 14. The number of aliphatic carboxylic acids is 1. The summed E-state index contributed by atoms with van der Waals surface area (Å²) < 4.78 is 24.0. The quantitative estimate of drug-likeness (QED) is 0.0737. The van der Waals surface area contributed by atoms with E-state index in [1.807, 2.05) is 27.7 Å². The third-order valence-electron chi connectivity index (χ3n) is 8.75. The van der Waals surface area contributed by atoms with Gasteiger partial charge in [-0.25, -0.2) is 19.2 Å². The summed E-state index contributed by atoms with van der Waals surface area (Å²) in [7, 11) is 4.05. The van der Waals surface area contributed by atoms with Crippen LogP contribution in [0.15, 0.2) is 0 Å². The van der Waals surface area contributed by atoms with Crippen molar-refractivity contribution >= 4 is 50.8 Å². The normalized spacial score (nSPS) is 16.5. The number of methoxy groups -OCH3 is 3. The smallest absolute Gasteiger partial charge is 0.512 e. The van der Waals surface area contributed by atoms with Gasteiger partial charge in [-0.2, -0.15) is 0 Å². The molecule has 349 valence electrons. The largest absolute Gasteiger partial charge is 1.00 e. The molecule has 0 heterocycles. The number of ether oxygens (including phenoxy) is 5. The van der Waals surface area contributed by atoms with Crippen LogP contribution in [0.25, 0.3) is 0 Å². The molecule has 3 radical (unpaired) electrons. The first-order valence-electron chi connectivity index (χ1n) is 20.4. The van der Waals surface area contributed by atoms with E-state index in [0.29, 0.717) is 30.8 Å². The van der Waals surface area contributed by atoms with Gasteiger partial charge in [0, 0.05) is 27.4 Å². The molecule has 2 amide bonds. The average molecular weight is 891 g/mol. The molecule has 62 heavy (non-hydrogen) atoms. The maximum Gasteiger partial charge on any atom is 1.00 e. The van der Waals surface area contributed by atoms with Crippen LogP contribution < -0.4 is 40.6 Å². The van der Waals surface area contributed by atoms with Crippen LogP contribution in [-0.4, -0.2) is 142 Å². The van der Waals surface area contributed by atoms with Crippen molar-refractivity contribution < 1.29 is 91.9 Å². The Balaban J connectivity index is -0.000000353. The Kier molecular flexibility index (Phi) is 34.8. The molecule has 4 aliphatic rings. The van der Waals surface area contributed by atoms with Crippen molar-refractivity contribution in [1.82, 2.24) is 15.1 Å². The number of carboxylic acids is 1. The monoisotopic (exact) mass is 891 g/mol. The molecule has 0 aromatic heterocycles. The molecule has 0 saturated heterocycles. The van der Waals surface area contributed by atoms with E-state index in [4.69, 9.17) is 32.1 Å². The number of carbonyl (C=O) groups excluding carboxylic acids is 6. The Morgan fingerprint density at radius 3 is 1.27 bits per heavy atom. The molecule has 0 unspecified atom stereocenters. The summed E-state index contributed by atoms with van der Waals surface area (Å²) in [6.45, 7) is 24.1. The van der Waals surface area contributed by atoms with Crippen LogP contribution in [0.4, 0.5) is 9.59 Å². The number of carboxylic acid groups (broad SMARTS) is 1. The summed E-state index contributed by atoms with van der Waals surface area (Å²) in [6.07, 6.45) is 9.26. The zero-order valence-corrected chi connectivity index (χ0v) is 41.8. The van der Waals surface area contributed by atoms with Gasteiger partial charge in [0.25, 0.3) is 0 Å². The van der Waals surface area contributed by atoms with Gasteiger partial charge in [-0.1, -0.05) is 0 Å². The molecule has 0 spiro atoms. The van der Waals surface area contributed by atoms with E-state index in [9.17, 15) is 33.6 Å². The number of nitrogens with one attached hydrogen (secondary N) is 1. The summed E-state index contributed by atoms with van der Waals surface area (Å²) in [5, 5.41) is 18.4. The second-order valence-electron chi connectivity index (χ2n) is 17.2. The Hall–Kier alpha value is -3.44. The number of hydrogen-bond acceptors (Lipinski definition) is 15. The molecule has 0 aromatic rings. The molecular formula is C42H74BN5NaO13. The van der Waals surface area contributed by atoms with Crippen LogP contribution in [-0.2, 0) is 47.7 Å². The molecule has 4 rings (SSSR count). The van der Waals surface area contributed by atoms with Gasteiger partial charge >= 0.3 is 65.6 Å². The van der Waals surface area contributed by atoms with Gasteiger partial charge in [0.1, 0.15) is 41.7 Å². The minimum absolute atomic E-state index is 0. The molecule has 0 aliphatic heterocycles. The fraction of sp³-hybridized carbons (Fsp3) is 0.810. The van der Waals surface area contributed by atoms with Gasteiger partial charge < -0.3 is 56.5 Å². The average Bonchev–Trinajstić information content (AvgIpc) is 3.99. The molecule has 4 saturated carbocycles. The molecule has 4 aliphatic carbocycles. The van der Waals surface area contributed by atoms with Gasteiger partial charge in [-0.15, -0.1) is 0 Å². The van der Waals surface area contributed by atoms with E-state index in [1.165, 1.54) is 50.9 Å². The number of carbonyl (C=O) groups is 7. The predicted octanol–water partition coefficient (Wildman–Crippen LogP) is 1.67. The van der Waals surface area contributed by atoms with E-state index < -0.39 is 53.5 Å². The molecular weight excluding hydrogens is 816 g/mol. The zero-order valence-electron chi connectivity index (χ0n) is 39.8. The summed E-state index contributed by atoms with van der Waals surface area (Å²) in [4.78, 5) is 79.9. The Labute approximate surface area is 394 Å². The molecule has 0 aromatic carbocycles. The van der Waals surface area contributed by atoms with Crippen LogP contribution in [0.3, 0.4) is 0 Å². The summed E-state index contributed by atoms with van der Waals surface area (Å²) >= 11 is 0. The molecule has 0 bridgehead atoms. The topological polar surface area (TPSA) is 254 Å². The number of hydrogen-bond donors (Lipinski definition) is 3. The first kappa shape index (κ1) is 65.2. The van der Waals surface area contributed by atoms with Crippen molar-refractivity contribution in [3.8, 4) is 0 Å². The summed E-state index contributed by atoms with van der Waals surface area (Å²) in [5.74, 6) is 0.217. The second kappa shape index (κ2) is 33.1. The third-order valence-corrected chi connectivity index (χ3v) is 8.75. The number of nitrogens with zero attached hydrogens (tertiary/aromatic N) is 3. The van der Waals surface area contributed by atoms with Crippen molar-refractivity contribution in [3.63, 3.8) is 0 Å². The van der Waals surface area contributed by atoms with Crippen molar-refractivity contribution in [2.24, 2.45) is 29.4 Å². The minimum Gasteiger partial charge on any atom is -0.512 e. The third kappa shape index (κ3) is 34.1. The van der Waals surface area contributed by atoms with Crippen molar-refractivity contribution in [1.29, 1.82) is 5.26 Å². The van der Waals surface area contributed by atoms with E-state index in [0.717, 1.165) is 57.3 Å². The standard InChI is InChI=1S/C13H23NO4.C12H21NO4.C8H15NO2.C4H9NO2.C4H6O.CN.B.Na/c1-9(11(15)17-5)14(8-10-6-7-10)12(16)18-13(2,3)4;1-8(10(14)15)13(7-9-5-6-9)11(16)17-12(2,3)4;1-6(8(10)11-2)9-5-7-3-4-7;1-3(5)4(6)7-2;5-3-4-1-2-4;1-2;;/h9-10H,6-8H2,1-5H3;8-9H,5-7H2,1-4H3,(H,14,15);6-7,9H,3-5H2,1-2H3;3H,5H2,1-2H3;3-4H,1-2H2;;;/q;;;;;-1;;+1/t9-;8-;6-;3-;;;;/m0000..../s1. The number of amides is 2. The second-order valence-corrected chi connectivity index (χ2v) is 17.2. The Bertz CT molecular complexity index is 1360. The number of aldehydes is 1. The number of nitrogens with two attached hydrogens (primary N) is 1. The van der Waals surface area contributed by atoms with Gasteiger partial charge in [-0.3, -0.25) is 19.4 Å². The van der Waals surface area contributed by atoms with E-state index in [-0.39, 0.29) is 56.0 Å². The van der Waals surface area contributed by atoms with Crippen LogP contribution in [0.2, 0.25) is 0 Å². The molecule has 4 fully saturated rings. The first-order chi connectivity index (χ1) is 27.8.